The molecule has 216 valence electrons. The highest BCUT2D eigenvalue weighted by molar-refractivity contribution is 8.18. The summed E-state index contributed by atoms with van der Waals surface area (Å²) in [4.78, 5) is 35.2. The highest BCUT2D eigenvalue weighted by Crippen LogP contribution is 2.36. The van der Waals surface area contributed by atoms with E-state index in [4.69, 9.17) is 24.0 Å². The fourth-order valence-electron chi connectivity index (χ4n) is 4.74. The van der Waals surface area contributed by atoms with Gasteiger partial charge in [-0.3, -0.25) is 9.69 Å². The monoisotopic (exact) mass is 593 g/mol. The van der Waals surface area contributed by atoms with Crippen molar-refractivity contribution in [3.8, 4) is 11.5 Å². The third-order valence-electron chi connectivity index (χ3n) is 6.88. The summed E-state index contributed by atoms with van der Waals surface area (Å²) in [6, 6.07) is 26.0. The van der Waals surface area contributed by atoms with Gasteiger partial charge in [0.2, 0.25) is 5.76 Å². The summed E-state index contributed by atoms with van der Waals surface area (Å²) < 4.78 is 16.6. The van der Waals surface area contributed by atoms with Crippen molar-refractivity contribution in [3.63, 3.8) is 0 Å². The predicted molar refractivity (Wildman–Crippen MR) is 166 cm³/mol. The second kappa shape index (κ2) is 12.3. The van der Waals surface area contributed by atoms with Crippen molar-refractivity contribution in [2.75, 3.05) is 13.7 Å². The van der Waals surface area contributed by atoms with Crippen molar-refractivity contribution in [3.05, 3.63) is 119 Å². The maximum atomic E-state index is 13.7. The Labute approximate surface area is 251 Å². The minimum atomic E-state index is -1.14. The summed E-state index contributed by atoms with van der Waals surface area (Å²) in [6.45, 7) is 0.506. The van der Waals surface area contributed by atoms with Gasteiger partial charge in [-0.25, -0.2) is 9.79 Å². The van der Waals surface area contributed by atoms with Crippen molar-refractivity contribution in [2.45, 2.75) is 13.0 Å². The fourth-order valence-corrected chi connectivity index (χ4v) is 5.76. The van der Waals surface area contributed by atoms with Crippen molar-refractivity contribution in [1.29, 1.82) is 0 Å². The maximum absolute atomic E-state index is 13.7. The first-order chi connectivity index (χ1) is 21.0. The van der Waals surface area contributed by atoms with E-state index in [9.17, 15) is 9.59 Å². The van der Waals surface area contributed by atoms with E-state index in [0.717, 1.165) is 27.7 Å². The maximum Gasteiger partial charge on any atom is 0.371 e. The van der Waals surface area contributed by atoms with Crippen LogP contribution in [0.25, 0.3) is 17.0 Å². The Hall–Kier alpha value is -5.22. The van der Waals surface area contributed by atoms with Gasteiger partial charge in [-0.15, -0.1) is 0 Å². The number of nitrogens with one attached hydrogen (secondary N) is 1. The van der Waals surface area contributed by atoms with Gasteiger partial charge >= 0.3 is 5.97 Å². The molecule has 0 unspecified atom stereocenters. The lowest BCUT2D eigenvalue weighted by Crippen LogP contribution is -2.31. The van der Waals surface area contributed by atoms with Gasteiger partial charge in [0.25, 0.3) is 5.91 Å². The molecule has 9 nitrogen and oxygen atoms in total. The van der Waals surface area contributed by atoms with Gasteiger partial charge in [0.15, 0.2) is 16.7 Å². The molecule has 3 aromatic carbocycles. The number of carboxylic acids is 1. The number of furan rings is 1. The number of carbonyl (C=O) groups excluding carboxylic acids is 1. The van der Waals surface area contributed by atoms with Crippen molar-refractivity contribution in [1.82, 2.24) is 9.88 Å². The Bertz CT molecular complexity index is 1860. The van der Waals surface area contributed by atoms with Crippen LogP contribution in [0, 0.1) is 0 Å². The molecule has 0 saturated carbocycles. The number of hydrogen-bond donors (Lipinski definition) is 2. The summed E-state index contributed by atoms with van der Waals surface area (Å²) in [5, 5.41) is 10.8. The van der Waals surface area contributed by atoms with Crippen LogP contribution in [0.15, 0.2) is 105 Å². The number of carbonyl (C=O) groups is 2. The number of fused-ring (bicyclic) bond motifs is 1. The molecular weight excluding hydrogens is 566 g/mol. The van der Waals surface area contributed by atoms with Gasteiger partial charge in [0, 0.05) is 23.6 Å². The van der Waals surface area contributed by atoms with Gasteiger partial charge in [0.1, 0.15) is 12.4 Å². The van der Waals surface area contributed by atoms with Crippen LogP contribution in [-0.2, 0) is 17.8 Å². The largest absolute Gasteiger partial charge is 0.493 e. The Morgan fingerprint density at radius 3 is 2.65 bits per heavy atom. The second-order valence-corrected chi connectivity index (χ2v) is 10.7. The molecule has 0 bridgehead atoms. The van der Waals surface area contributed by atoms with E-state index in [1.165, 1.54) is 24.9 Å². The SMILES string of the molecule is COc1cc(/C=C2\SC(=Nc3ccccc3)N(CCc3c[nH]c4ccccc34)C2=O)ccc1OCc1ccc(C(=O)O)o1. The summed E-state index contributed by atoms with van der Waals surface area (Å²) in [5.41, 5.74) is 3.72. The molecule has 1 fully saturated rings. The number of aliphatic imine (C=N–C) groups is 1. The number of hydrogen-bond acceptors (Lipinski definition) is 7. The Morgan fingerprint density at radius 2 is 1.86 bits per heavy atom. The van der Waals surface area contributed by atoms with E-state index >= 15 is 0 Å². The number of rotatable bonds is 10. The number of methoxy groups -OCH3 is 1. The number of benzene rings is 3. The molecule has 10 heteroatoms. The van der Waals surface area contributed by atoms with Crippen LogP contribution in [-0.4, -0.2) is 45.7 Å². The van der Waals surface area contributed by atoms with Crippen molar-refractivity contribution < 1.29 is 28.6 Å². The molecule has 0 aliphatic carbocycles. The molecule has 3 heterocycles. The molecule has 1 aliphatic rings. The number of nitrogens with zero attached hydrogens (tertiary/aromatic N) is 2. The lowest BCUT2D eigenvalue weighted by molar-refractivity contribution is -0.122. The Morgan fingerprint density at radius 1 is 1.05 bits per heavy atom. The van der Waals surface area contributed by atoms with Crippen LogP contribution in [0.1, 0.15) is 27.4 Å². The molecule has 1 saturated heterocycles. The first kappa shape index (κ1) is 27.9. The number of aromatic carboxylic acids is 1. The number of H-pyrrole nitrogens is 1. The Kier molecular flexibility index (Phi) is 8.01. The number of ether oxygens (including phenoxy) is 2. The number of carboxylic acid groups (broad SMARTS) is 1. The molecule has 2 N–H and O–H groups in total. The molecule has 43 heavy (non-hydrogen) atoms. The smallest absolute Gasteiger partial charge is 0.371 e. The number of thioether (sulfide) groups is 1. The lowest BCUT2D eigenvalue weighted by atomic mass is 10.1. The summed E-state index contributed by atoms with van der Waals surface area (Å²) in [7, 11) is 1.53. The molecule has 0 atom stereocenters. The average molecular weight is 594 g/mol. The van der Waals surface area contributed by atoms with Crippen LogP contribution in [0.4, 0.5) is 5.69 Å². The normalized spacial score (nSPS) is 15.1. The zero-order valence-electron chi connectivity index (χ0n) is 23.2. The first-order valence-electron chi connectivity index (χ1n) is 13.5. The van der Waals surface area contributed by atoms with Gasteiger partial charge in [-0.1, -0.05) is 42.5 Å². The van der Waals surface area contributed by atoms with Gasteiger partial charge in [0.05, 0.1) is 17.7 Å². The minimum absolute atomic E-state index is 0.0309. The third-order valence-corrected chi connectivity index (χ3v) is 7.88. The molecule has 1 amide bonds. The van der Waals surface area contributed by atoms with Crippen LogP contribution in [0.3, 0.4) is 0 Å². The van der Waals surface area contributed by atoms with Crippen LogP contribution < -0.4 is 9.47 Å². The summed E-state index contributed by atoms with van der Waals surface area (Å²) >= 11 is 1.33. The van der Waals surface area contributed by atoms with E-state index in [0.29, 0.717) is 40.3 Å². The second-order valence-electron chi connectivity index (χ2n) is 9.68. The van der Waals surface area contributed by atoms with E-state index in [2.05, 4.69) is 11.1 Å². The van der Waals surface area contributed by atoms with E-state index < -0.39 is 5.97 Å². The topological polar surface area (TPSA) is 117 Å². The van der Waals surface area contributed by atoms with E-state index in [1.807, 2.05) is 66.9 Å². The average Bonchev–Trinajstić information content (AvgIpc) is 3.74. The zero-order valence-corrected chi connectivity index (χ0v) is 24.0. The fraction of sp³-hybridized carbons (Fsp3) is 0.121. The third kappa shape index (κ3) is 6.19. The van der Waals surface area contributed by atoms with Crippen LogP contribution >= 0.6 is 11.8 Å². The molecule has 1 aliphatic heterocycles. The van der Waals surface area contributed by atoms with E-state index in [1.54, 1.807) is 23.1 Å². The molecular formula is C33H27N3O6S. The number of para-hydroxylation sites is 2. The van der Waals surface area contributed by atoms with Gasteiger partial charge < -0.3 is 24.0 Å². The number of amidine groups is 1. The van der Waals surface area contributed by atoms with Crippen molar-refractivity contribution >= 4 is 51.5 Å². The highest BCUT2D eigenvalue weighted by Gasteiger charge is 2.33. The van der Waals surface area contributed by atoms with Gasteiger partial charge in [-0.05, 0) is 77.9 Å². The standard InChI is InChI=1S/C33H27N3O6S/c1-40-29-17-21(11-13-27(29)41-20-24-12-14-28(42-24)32(38)39)18-30-31(37)36(33(43-30)35-23-7-3-2-4-8-23)16-15-22-19-34-26-10-6-5-9-25(22)26/h2-14,17-19,34H,15-16,20H2,1H3,(H,38,39)/b30-18-,35-33?. The van der Waals surface area contributed by atoms with Crippen LogP contribution in [0.2, 0.25) is 0 Å². The predicted octanol–water partition coefficient (Wildman–Crippen LogP) is 6.89. The number of aromatic nitrogens is 1. The summed E-state index contributed by atoms with van der Waals surface area (Å²) in [5.74, 6) is -0.132. The Balaban J connectivity index is 1.23. The first-order valence-corrected chi connectivity index (χ1v) is 14.3. The number of aromatic amines is 1. The van der Waals surface area contributed by atoms with Crippen molar-refractivity contribution in [2.24, 2.45) is 4.99 Å². The highest BCUT2D eigenvalue weighted by atomic mass is 32.2. The molecule has 0 radical (unpaired) electrons. The molecule has 0 spiro atoms. The van der Waals surface area contributed by atoms with E-state index in [-0.39, 0.29) is 18.3 Å². The quantitative estimate of drug-likeness (QED) is 0.169. The van der Waals surface area contributed by atoms with Crippen LogP contribution in [0.5, 0.6) is 11.5 Å². The molecule has 5 aromatic rings. The van der Waals surface area contributed by atoms with Gasteiger partial charge in [-0.2, -0.15) is 0 Å². The zero-order chi connectivity index (χ0) is 29.8. The lowest BCUT2D eigenvalue weighted by Gasteiger charge is -2.15. The summed E-state index contributed by atoms with van der Waals surface area (Å²) in [6.07, 6.45) is 4.48. The number of amides is 1. The minimum Gasteiger partial charge on any atom is -0.493 e. The molecule has 6 rings (SSSR count). The molecule has 2 aromatic heterocycles.